The molecule has 132 valence electrons. The standard InChI is InChI=1S/C18H26N2O4/c1-4-8-22-17(21)16(10-19)13-6-5-7-14(9-13)20-11-15-12-23-18(2,3)24-15/h9,15,20H,4-8,11-12H2,1-3H3/b16-13-. The van der Waals surface area contributed by atoms with Gasteiger partial charge >= 0.3 is 5.97 Å². The Kier molecular flexibility index (Phi) is 6.41. The maximum absolute atomic E-state index is 12.0. The zero-order valence-electron chi connectivity index (χ0n) is 14.7. The molecule has 0 aromatic heterocycles. The summed E-state index contributed by atoms with van der Waals surface area (Å²) in [6.07, 6.45) is 5.14. The lowest BCUT2D eigenvalue weighted by molar-refractivity contribution is -0.139. The molecule has 1 fully saturated rings. The molecule has 2 rings (SSSR count). The average molecular weight is 334 g/mol. The highest BCUT2D eigenvalue weighted by Crippen LogP contribution is 2.25. The minimum atomic E-state index is -0.532. The lowest BCUT2D eigenvalue weighted by atomic mass is 9.95. The van der Waals surface area contributed by atoms with Crippen molar-refractivity contribution in [2.45, 2.75) is 58.3 Å². The molecular formula is C18H26N2O4. The van der Waals surface area contributed by atoms with Crippen molar-refractivity contribution in [3.05, 3.63) is 22.9 Å². The average Bonchev–Trinajstić information content (AvgIpc) is 2.91. The summed E-state index contributed by atoms with van der Waals surface area (Å²) in [5, 5.41) is 12.7. The normalized spacial score (nSPS) is 24.8. The molecule has 0 bridgehead atoms. The van der Waals surface area contributed by atoms with Gasteiger partial charge in [-0.15, -0.1) is 0 Å². The third-order valence-electron chi connectivity index (χ3n) is 3.94. The highest BCUT2D eigenvalue weighted by atomic mass is 16.7. The Morgan fingerprint density at radius 3 is 2.92 bits per heavy atom. The Bertz CT molecular complexity index is 572. The number of nitriles is 1. The van der Waals surface area contributed by atoms with Gasteiger partial charge in [0.2, 0.25) is 0 Å². The molecule has 1 heterocycles. The molecule has 1 N–H and O–H groups in total. The first-order chi connectivity index (χ1) is 11.4. The summed E-state index contributed by atoms with van der Waals surface area (Å²) in [4.78, 5) is 12.0. The van der Waals surface area contributed by atoms with Gasteiger partial charge in [-0.05, 0) is 51.2 Å². The molecule has 0 aromatic carbocycles. The van der Waals surface area contributed by atoms with Crippen LogP contribution in [0.3, 0.4) is 0 Å². The zero-order chi connectivity index (χ0) is 17.6. The van der Waals surface area contributed by atoms with E-state index in [-0.39, 0.29) is 11.7 Å². The molecular weight excluding hydrogens is 308 g/mol. The smallest absolute Gasteiger partial charge is 0.349 e. The third-order valence-corrected chi connectivity index (χ3v) is 3.94. The summed E-state index contributed by atoms with van der Waals surface area (Å²) < 4.78 is 16.4. The molecule has 0 spiro atoms. The SMILES string of the molecule is CCCOC(=O)/C(C#N)=C1\C=C(NCC2COC(C)(C)O2)CCC1. The number of rotatable bonds is 6. The maximum Gasteiger partial charge on any atom is 0.349 e. The highest BCUT2D eigenvalue weighted by molar-refractivity contribution is 5.94. The predicted molar refractivity (Wildman–Crippen MR) is 88.7 cm³/mol. The van der Waals surface area contributed by atoms with Crippen molar-refractivity contribution in [1.29, 1.82) is 5.26 Å². The largest absolute Gasteiger partial charge is 0.462 e. The van der Waals surface area contributed by atoms with Crippen LogP contribution in [0.25, 0.3) is 0 Å². The van der Waals surface area contributed by atoms with E-state index < -0.39 is 11.8 Å². The topological polar surface area (TPSA) is 80.6 Å². The van der Waals surface area contributed by atoms with Gasteiger partial charge in [-0.2, -0.15) is 5.26 Å². The Morgan fingerprint density at radius 1 is 1.50 bits per heavy atom. The first-order valence-corrected chi connectivity index (χ1v) is 8.51. The van der Waals surface area contributed by atoms with Crippen LogP contribution in [0.4, 0.5) is 0 Å². The van der Waals surface area contributed by atoms with Crippen molar-refractivity contribution in [1.82, 2.24) is 5.32 Å². The predicted octanol–water partition coefficient (Wildman–Crippen LogP) is 2.57. The molecule has 1 saturated heterocycles. The Balaban J connectivity index is 2.00. The molecule has 0 amide bonds. The molecule has 1 unspecified atom stereocenters. The van der Waals surface area contributed by atoms with Crippen molar-refractivity contribution in [3.63, 3.8) is 0 Å². The summed E-state index contributed by atoms with van der Waals surface area (Å²) in [5.41, 5.74) is 1.88. The summed E-state index contributed by atoms with van der Waals surface area (Å²) in [6.45, 7) is 7.25. The second-order valence-corrected chi connectivity index (χ2v) is 6.50. The van der Waals surface area contributed by atoms with Crippen molar-refractivity contribution >= 4 is 5.97 Å². The monoisotopic (exact) mass is 334 g/mol. The van der Waals surface area contributed by atoms with E-state index in [2.05, 4.69) is 5.32 Å². The number of carbonyl (C=O) groups excluding carboxylic acids is 1. The van der Waals surface area contributed by atoms with E-state index in [1.165, 1.54) is 0 Å². The van der Waals surface area contributed by atoms with Gasteiger partial charge in [0.15, 0.2) is 5.79 Å². The number of hydrogen-bond acceptors (Lipinski definition) is 6. The van der Waals surface area contributed by atoms with Crippen molar-refractivity contribution in [2.24, 2.45) is 0 Å². The molecule has 0 saturated carbocycles. The van der Waals surface area contributed by atoms with Gasteiger partial charge in [-0.1, -0.05) is 6.92 Å². The van der Waals surface area contributed by atoms with E-state index in [0.717, 1.165) is 30.5 Å². The first-order valence-electron chi connectivity index (χ1n) is 8.51. The highest BCUT2D eigenvalue weighted by Gasteiger charge is 2.32. The van der Waals surface area contributed by atoms with Crippen LogP contribution in [0.5, 0.6) is 0 Å². The van der Waals surface area contributed by atoms with Gasteiger partial charge in [-0.25, -0.2) is 4.79 Å². The molecule has 2 aliphatic rings. The molecule has 1 aliphatic carbocycles. The minimum absolute atomic E-state index is 0.000197. The number of allylic oxidation sites excluding steroid dienone is 3. The van der Waals surface area contributed by atoms with E-state index >= 15 is 0 Å². The van der Waals surface area contributed by atoms with Crippen LogP contribution in [-0.4, -0.2) is 37.6 Å². The van der Waals surface area contributed by atoms with Gasteiger partial charge in [0.05, 0.1) is 13.2 Å². The van der Waals surface area contributed by atoms with Gasteiger partial charge in [0, 0.05) is 12.2 Å². The van der Waals surface area contributed by atoms with Crippen LogP contribution in [0.1, 0.15) is 46.5 Å². The van der Waals surface area contributed by atoms with Gasteiger partial charge in [0.1, 0.15) is 17.7 Å². The molecule has 1 aliphatic heterocycles. The quantitative estimate of drug-likeness (QED) is 0.457. The van der Waals surface area contributed by atoms with Gasteiger partial charge in [-0.3, -0.25) is 0 Å². The number of ether oxygens (including phenoxy) is 3. The maximum atomic E-state index is 12.0. The summed E-state index contributed by atoms with van der Waals surface area (Å²) in [6, 6.07) is 2.00. The molecule has 24 heavy (non-hydrogen) atoms. The van der Waals surface area contributed by atoms with Crippen molar-refractivity contribution in [2.75, 3.05) is 19.8 Å². The molecule has 0 aromatic rings. The summed E-state index contributed by atoms with van der Waals surface area (Å²) in [7, 11) is 0. The molecule has 6 nitrogen and oxygen atoms in total. The van der Waals surface area contributed by atoms with Crippen LogP contribution < -0.4 is 5.32 Å². The number of carbonyl (C=O) groups is 1. The van der Waals surface area contributed by atoms with Crippen molar-refractivity contribution in [3.8, 4) is 6.07 Å². The Hall–Kier alpha value is -1.84. The fourth-order valence-corrected chi connectivity index (χ4v) is 2.78. The van der Waals surface area contributed by atoms with E-state index in [1.54, 1.807) is 0 Å². The summed E-state index contributed by atoms with van der Waals surface area (Å²) in [5.74, 6) is -1.06. The molecule has 1 atom stereocenters. The molecule has 6 heteroatoms. The first kappa shape index (κ1) is 18.5. The number of hydrogen-bond donors (Lipinski definition) is 1. The fourth-order valence-electron chi connectivity index (χ4n) is 2.78. The summed E-state index contributed by atoms with van der Waals surface area (Å²) >= 11 is 0. The second kappa shape index (κ2) is 8.32. The Morgan fingerprint density at radius 2 is 2.29 bits per heavy atom. The van der Waals surface area contributed by atoms with E-state index in [1.807, 2.05) is 32.9 Å². The number of nitrogens with one attached hydrogen (secondary N) is 1. The van der Waals surface area contributed by atoms with Gasteiger partial charge in [0.25, 0.3) is 0 Å². The van der Waals surface area contributed by atoms with Crippen molar-refractivity contribution < 1.29 is 19.0 Å². The zero-order valence-corrected chi connectivity index (χ0v) is 14.7. The van der Waals surface area contributed by atoms with E-state index in [9.17, 15) is 10.1 Å². The lowest BCUT2D eigenvalue weighted by Gasteiger charge is -2.21. The number of nitrogens with zero attached hydrogens (tertiary/aromatic N) is 1. The van der Waals surface area contributed by atoms with Crippen LogP contribution >= 0.6 is 0 Å². The van der Waals surface area contributed by atoms with Gasteiger partial charge < -0.3 is 19.5 Å². The third kappa shape index (κ3) is 5.08. The van der Waals surface area contributed by atoms with E-state index in [0.29, 0.717) is 26.2 Å². The Labute approximate surface area is 143 Å². The number of esters is 1. The molecule has 0 radical (unpaired) electrons. The minimum Gasteiger partial charge on any atom is -0.462 e. The van der Waals surface area contributed by atoms with Crippen LogP contribution in [0.15, 0.2) is 22.9 Å². The van der Waals surface area contributed by atoms with Crippen LogP contribution in [0, 0.1) is 11.3 Å². The van der Waals surface area contributed by atoms with Crippen LogP contribution in [0.2, 0.25) is 0 Å². The lowest BCUT2D eigenvalue weighted by Crippen LogP contribution is -2.30. The second-order valence-electron chi connectivity index (χ2n) is 6.50. The van der Waals surface area contributed by atoms with Crippen LogP contribution in [-0.2, 0) is 19.0 Å². The fraction of sp³-hybridized carbons (Fsp3) is 0.667. The van der Waals surface area contributed by atoms with E-state index in [4.69, 9.17) is 14.2 Å².